The van der Waals surface area contributed by atoms with Crippen molar-refractivity contribution in [2.75, 3.05) is 32.8 Å². The normalized spacial score (nSPS) is 29.5. The van der Waals surface area contributed by atoms with Gasteiger partial charge in [0.05, 0.1) is 42.7 Å². The Morgan fingerprint density at radius 1 is 0.902 bits per heavy atom. The van der Waals surface area contributed by atoms with Gasteiger partial charge in [-0.1, -0.05) is 84.2 Å². The van der Waals surface area contributed by atoms with Crippen LogP contribution >= 0.6 is 34.8 Å². The van der Waals surface area contributed by atoms with Gasteiger partial charge in [0.2, 0.25) is 5.91 Å². The van der Waals surface area contributed by atoms with E-state index in [4.69, 9.17) is 39.5 Å². The summed E-state index contributed by atoms with van der Waals surface area (Å²) in [6.45, 7) is 6.27. The number of piperidine rings is 3. The summed E-state index contributed by atoms with van der Waals surface area (Å²) < 4.78 is 7.89. The molecule has 3 aromatic rings. The first-order valence-electron chi connectivity index (χ1n) is 14.8. The van der Waals surface area contributed by atoms with Crippen LogP contribution in [0.3, 0.4) is 0 Å². The number of fused-ring (bicyclic) bond motifs is 3. The molecule has 4 aliphatic rings. The smallest absolute Gasteiger partial charge is 0.251 e. The lowest BCUT2D eigenvalue weighted by atomic mass is 9.65. The first-order chi connectivity index (χ1) is 19.8. The molecular weight excluding hydrogens is 575 g/mol. The van der Waals surface area contributed by atoms with Crippen LogP contribution in [-0.4, -0.2) is 54.1 Å². The van der Waals surface area contributed by atoms with Crippen LogP contribution in [0, 0.1) is 5.41 Å². The topological polar surface area (TPSA) is 29.5 Å². The molecule has 4 aliphatic heterocycles. The Bertz CT molecular complexity index is 1390. The highest BCUT2D eigenvalue weighted by molar-refractivity contribution is 6.42. The minimum absolute atomic E-state index is 0.109. The van der Waals surface area contributed by atoms with E-state index in [1.807, 2.05) is 36.4 Å². The molecule has 3 aromatic carbocycles. The predicted octanol–water partition coefficient (Wildman–Crippen LogP) is 7.92. The molecule has 2 unspecified atom stereocenters. The number of ether oxygens (including phenoxy) is 1. The van der Waals surface area contributed by atoms with Crippen molar-refractivity contribution < 1.29 is 14.0 Å². The first-order valence-corrected chi connectivity index (χ1v) is 16.0. The fraction of sp³-hybridized carbons (Fsp3) is 0.441. The summed E-state index contributed by atoms with van der Waals surface area (Å²) in [5.41, 5.74) is 2.98. The molecule has 2 bridgehead atoms. The van der Waals surface area contributed by atoms with E-state index < -0.39 is 5.72 Å². The minimum Gasteiger partial charge on any atom is -0.328 e. The van der Waals surface area contributed by atoms with Crippen LogP contribution < -0.4 is 0 Å². The predicted molar refractivity (Wildman–Crippen MR) is 166 cm³/mol. The van der Waals surface area contributed by atoms with E-state index in [1.54, 1.807) is 0 Å². The maximum atomic E-state index is 14.0. The minimum atomic E-state index is -0.718. The Kier molecular flexibility index (Phi) is 8.17. The molecule has 0 aliphatic carbocycles. The van der Waals surface area contributed by atoms with Crippen molar-refractivity contribution in [3.05, 3.63) is 105 Å². The zero-order valence-electron chi connectivity index (χ0n) is 23.6. The molecule has 0 saturated carbocycles. The molecule has 4 saturated heterocycles. The molecule has 0 radical (unpaired) electrons. The maximum absolute atomic E-state index is 14.0. The van der Waals surface area contributed by atoms with Crippen molar-refractivity contribution in [3.8, 4) is 0 Å². The van der Waals surface area contributed by atoms with Gasteiger partial charge in [-0.25, -0.2) is 0 Å². The van der Waals surface area contributed by atoms with Crippen LogP contribution in [0.5, 0.6) is 0 Å². The molecule has 0 aromatic heterocycles. The Morgan fingerprint density at radius 2 is 1.61 bits per heavy atom. The van der Waals surface area contributed by atoms with Crippen LogP contribution in [0.25, 0.3) is 0 Å². The van der Waals surface area contributed by atoms with Crippen molar-refractivity contribution in [2.45, 2.75) is 57.2 Å². The van der Waals surface area contributed by atoms with Crippen molar-refractivity contribution in [1.82, 2.24) is 4.90 Å². The Morgan fingerprint density at radius 3 is 2.27 bits per heavy atom. The molecule has 7 rings (SSSR count). The van der Waals surface area contributed by atoms with Gasteiger partial charge in [-0.05, 0) is 59.7 Å². The van der Waals surface area contributed by atoms with Crippen LogP contribution in [0.2, 0.25) is 15.1 Å². The number of morpholine rings is 1. The summed E-state index contributed by atoms with van der Waals surface area (Å²) in [5, 5.41) is 1.70. The third-order valence-electron chi connectivity index (χ3n) is 10.1. The van der Waals surface area contributed by atoms with Gasteiger partial charge in [0.1, 0.15) is 6.04 Å². The van der Waals surface area contributed by atoms with Gasteiger partial charge in [-0.2, -0.15) is 0 Å². The van der Waals surface area contributed by atoms with E-state index in [-0.39, 0.29) is 11.9 Å². The van der Waals surface area contributed by atoms with Gasteiger partial charge < -0.3 is 9.64 Å². The summed E-state index contributed by atoms with van der Waals surface area (Å²) >= 11 is 19.3. The van der Waals surface area contributed by atoms with E-state index in [0.29, 0.717) is 40.1 Å². The van der Waals surface area contributed by atoms with Crippen LogP contribution in [0.4, 0.5) is 0 Å². The second-order valence-corrected chi connectivity index (χ2v) is 13.5. The molecular formula is C34H38Cl3N2O2+. The highest BCUT2D eigenvalue weighted by Gasteiger charge is 2.66. The number of carbonyl (C=O) groups excluding carboxylic acids is 1. The largest absolute Gasteiger partial charge is 0.328 e. The number of rotatable bonds is 7. The molecule has 4 heterocycles. The summed E-state index contributed by atoms with van der Waals surface area (Å²) in [6.07, 6.45) is 5.63. The monoisotopic (exact) mass is 611 g/mol. The molecule has 1 amide bonds. The van der Waals surface area contributed by atoms with Crippen LogP contribution in [-0.2, 0) is 28.1 Å². The van der Waals surface area contributed by atoms with Crippen LogP contribution in [0.1, 0.15) is 49.3 Å². The zero-order chi connectivity index (χ0) is 28.7. The summed E-state index contributed by atoms with van der Waals surface area (Å²) in [6, 6.07) is 24.3. The number of benzene rings is 3. The number of halogens is 3. The molecule has 0 spiro atoms. The van der Waals surface area contributed by atoms with Gasteiger partial charge in [-0.3, -0.25) is 9.28 Å². The first kappa shape index (κ1) is 29.0. The molecule has 4 nitrogen and oxygen atoms in total. The number of hydrogen-bond acceptors (Lipinski definition) is 2. The fourth-order valence-corrected chi connectivity index (χ4v) is 8.57. The van der Waals surface area contributed by atoms with E-state index in [1.165, 1.54) is 5.56 Å². The van der Waals surface area contributed by atoms with E-state index in [9.17, 15) is 4.79 Å². The summed E-state index contributed by atoms with van der Waals surface area (Å²) in [5.74, 6) is 0.109. The number of amides is 1. The second kappa shape index (κ2) is 11.5. The molecule has 0 N–H and O–H groups in total. The fourth-order valence-electron chi connectivity index (χ4n) is 8.06. The molecule has 7 heteroatoms. The average Bonchev–Trinajstić information content (AvgIpc) is 2.99. The standard InChI is InChI=1S/C34H38Cl3N2O2/c1-2-31-34(27-11-12-29(36)30(37)23-27,41-20-16-38(31)32(40)22-26-9-6-10-28(35)21-26)39-17-13-33(14-18-39,15-19-39)24-25-7-4-3-5-8-25/h3-12,21,23,31H,2,13-20,22,24H2,1H3/q+1. The van der Waals surface area contributed by atoms with Gasteiger partial charge in [0, 0.05) is 36.4 Å². The van der Waals surface area contributed by atoms with Gasteiger partial charge >= 0.3 is 0 Å². The Hall–Kier alpha value is -2.08. The quantitative estimate of drug-likeness (QED) is 0.254. The van der Waals surface area contributed by atoms with Crippen molar-refractivity contribution >= 4 is 40.7 Å². The zero-order valence-corrected chi connectivity index (χ0v) is 25.9. The number of nitrogens with zero attached hydrogens (tertiary/aromatic N) is 2. The summed E-state index contributed by atoms with van der Waals surface area (Å²) in [7, 11) is 0. The van der Waals surface area contributed by atoms with E-state index in [2.05, 4.69) is 48.2 Å². The SMILES string of the molecule is CCC1N(C(=O)Cc2cccc(Cl)c2)CCOC1(c1ccc(Cl)c(Cl)c1)[N+]12CCC(Cc3ccccc3)(CC1)CC2. The lowest BCUT2D eigenvalue weighted by Crippen LogP contribution is -2.78. The van der Waals surface area contributed by atoms with Gasteiger partial charge in [-0.15, -0.1) is 0 Å². The van der Waals surface area contributed by atoms with Crippen molar-refractivity contribution in [1.29, 1.82) is 0 Å². The van der Waals surface area contributed by atoms with Crippen molar-refractivity contribution in [3.63, 3.8) is 0 Å². The third kappa shape index (κ3) is 5.21. The lowest BCUT2D eigenvalue weighted by Gasteiger charge is -2.65. The Balaban J connectivity index is 1.37. The highest BCUT2D eigenvalue weighted by Crippen LogP contribution is 2.55. The lowest BCUT2D eigenvalue weighted by molar-refractivity contribution is -1.03. The van der Waals surface area contributed by atoms with Gasteiger partial charge in [0.25, 0.3) is 5.72 Å². The summed E-state index contributed by atoms with van der Waals surface area (Å²) in [4.78, 5) is 16.1. The molecule has 216 valence electrons. The van der Waals surface area contributed by atoms with E-state index in [0.717, 1.165) is 67.3 Å². The third-order valence-corrected chi connectivity index (χ3v) is 11.1. The average molecular weight is 613 g/mol. The Labute approximate surface area is 258 Å². The molecule has 2 atom stereocenters. The van der Waals surface area contributed by atoms with Gasteiger partial charge in [0.15, 0.2) is 0 Å². The van der Waals surface area contributed by atoms with Crippen LogP contribution in [0.15, 0.2) is 72.8 Å². The van der Waals surface area contributed by atoms with E-state index >= 15 is 0 Å². The van der Waals surface area contributed by atoms with Crippen molar-refractivity contribution in [2.24, 2.45) is 5.41 Å². The second-order valence-electron chi connectivity index (χ2n) is 12.2. The molecule has 4 fully saturated rings. The number of hydrogen-bond donors (Lipinski definition) is 0. The maximum Gasteiger partial charge on any atom is 0.251 e. The number of carbonyl (C=O) groups is 1. The molecule has 41 heavy (non-hydrogen) atoms. The highest BCUT2D eigenvalue weighted by atomic mass is 35.5. The number of quaternary nitrogens is 1.